The summed E-state index contributed by atoms with van der Waals surface area (Å²) in [5.74, 6) is -0.559. The Morgan fingerprint density at radius 2 is 2.17 bits per heavy atom. The van der Waals surface area contributed by atoms with Gasteiger partial charge in [0.1, 0.15) is 5.82 Å². The van der Waals surface area contributed by atoms with Gasteiger partial charge in [-0.15, -0.1) is 0 Å². The van der Waals surface area contributed by atoms with Crippen LogP contribution in [-0.2, 0) is 0 Å². The lowest BCUT2D eigenvalue weighted by Crippen LogP contribution is -2.46. The summed E-state index contributed by atoms with van der Waals surface area (Å²) < 4.78 is 13.1. The van der Waals surface area contributed by atoms with Gasteiger partial charge in [-0.2, -0.15) is 0 Å². The third-order valence-corrected chi connectivity index (χ3v) is 3.28. The Balaban J connectivity index is 2.84. The van der Waals surface area contributed by atoms with Crippen molar-refractivity contribution in [3.8, 4) is 0 Å². The van der Waals surface area contributed by atoms with Crippen molar-refractivity contribution < 1.29 is 14.3 Å². The number of aryl methyl sites for hydroxylation is 1. The average molecular weight is 253 g/mol. The molecule has 2 N–H and O–H groups in total. The van der Waals surface area contributed by atoms with Crippen LogP contribution in [0.2, 0.25) is 0 Å². The van der Waals surface area contributed by atoms with Gasteiger partial charge < -0.3 is 10.4 Å². The molecule has 18 heavy (non-hydrogen) atoms. The third-order valence-electron chi connectivity index (χ3n) is 3.28. The molecule has 0 saturated heterocycles. The molecule has 1 aromatic carbocycles. The highest BCUT2D eigenvalue weighted by atomic mass is 19.1. The molecule has 0 radical (unpaired) electrons. The van der Waals surface area contributed by atoms with E-state index in [1.807, 2.05) is 13.8 Å². The minimum absolute atomic E-state index is 0.0209. The van der Waals surface area contributed by atoms with Crippen LogP contribution in [0, 0.1) is 12.7 Å². The number of carbonyl (C=O) groups excluding carboxylic acids is 1. The highest BCUT2D eigenvalue weighted by Gasteiger charge is 2.24. The van der Waals surface area contributed by atoms with Crippen LogP contribution in [-0.4, -0.2) is 23.2 Å². The molecule has 0 saturated carbocycles. The molecule has 0 aliphatic carbocycles. The first-order valence-corrected chi connectivity index (χ1v) is 6.11. The Labute approximate surface area is 107 Å². The molecule has 1 rings (SSSR count). The van der Waals surface area contributed by atoms with Crippen LogP contribution in [0.4, 0.5) is 4.39 Å². The Morgan fingerprint density at radius 3 is 2.67 bits per heavy atom. The first kappa shape index (κ1) is 14.6. The van der Waals surface area contributed by atoms with Crippen molar-refractivity contribution in [1.29, 1.82) is 0 Å². The Morgan fingerprint density at radius 1 is 1.50 bits per heavy atom. The summed E-state index contributed by atoms with van der Waals surface area (Å²) in [4.78, 5) is 12.0. The Hall–Kier alpha value is -1.42. The molecule has 0 aliphatic rings. The predicted octanol–water partition coefficient (Wildman–Crippen LogP) is 2.42. The van der Waals surface area contributed by atoms with Crippen LogP contribution >= 0.6 is 0 Å². The molecular formula is C14H20FNO2. The molecule has 0 fully saturated rings. The number of aliphatic hydroxyl groups is 1. The fourth-order valence-corrected chi connectivity index (χ4v) is 1.71. The van der Waals surface area contributed by atoms with Gasteiger partial charge in [0.05, 0.1) is 0 Å². The second-order valence-corrected chi connectivity index (χ2v) is 4.81. The number of carbonyl (C=O) groups is 1. The van der Waals surface area contributed by atoms with Gasteiger partial charge in [0.2, 0.25) is 0 Å². The van der Waals surface area contributed by atoms with Gasteiger partial charge in [-0.3, -0.25) is 4.79 Å². The van der Waals surface area contributed by atoms with Crippen LogP contribution < -0.4 is 5.32 Å². The van der Waals surface area contributed by atoms with Crippen molar-refractivity contribution in [3.63, 3.8) is 0 Å². The van der Waals surface area contributed by atoms with E-state index >= 15 is 0 Å². The predicted molar refractivity (Wildman–Crippen MR) is 69.0 cm³/mol. The van der Waals surface area contributed by atoms with E-state index in [-0.39, 0.29) is 18.3 Å². The molecular weight excluding hydrogens is 233 g/mol. The van der Waals surface area contributed by atoms with Gasteiger partial charge >= 0.3 is 0 Å². The lowest BCUT2D eigenvalue weighted by Gasteiger charge is -2.29. The lowest BCUT2D eigenvalue weighted by atomic mass is 9.94. The van der Waals surface area contributed by atoms with E-state index in [0.717, 1.165) is 6.42 Å². The average Bonchev–Trinajstić information content (AvgIpc) is 2.32. The van der Waals surface area contributed by atoms with Gasteiger partial charge in [0.25, 0.3) is 5.91 Å². The van der Waals surface area contributed by atoms with Crippen molar-refractivity contribution >= 4 is 5.91 Å². The summed E-state index contributed by atoms with van der Waals surface area (Å²) in [6.07, 6.45) is 1.22. The first-order valence-electron chi connectivity index (χ1n) is 6.11. The zero-order valence-electron chi connectivity index (χ0n) is 11.1. The number of aliphatic hydroxyl groups excluding tert-OH is 1. The summed E-state index contributed by atoms with van der Waals surface area (Å²) >= 11 is 0. The highest BCUT2D eigenvalue weighted by molar-refractivity contribution is 5.94. The van der Waals surface area contributed by atoms with Crippen LogP contribution in [0.5, 0.6) is 0 Å². The summed E-state index contributed by atoms with van der Waals surface area (Å²) in [6.45, 7) is 5.48. The zero-order chi connectivity index (χ0) is 13.8. The number of halogens is 1. The maximum absolute atomic E-state index is 13.1. The van der Waals surface area contributed by atoms with Crippen molar-refractivity contribution in [1.82, 2.24) is 5.32 Å². The maximum Gasteiger partial charge on any atom is 0.251 e. The SMILES string of the molecule is CC[C@](C)(CCO)NC(=O)c1ccc(F)c(C)c1. The lowest BCUT2D eigenvalue weighted by molar-refractivity contribution is 0.0886. The number of amides is 1. The van der Waals surface area contributed by atoms with Crippen molar-refractivity contribution in [2.45, 2.75) is 39.2 Å². The molecule has 0 aliphatic heterocycles. The van der Waals surface area contributed by atoms with E-state index in [4.69, 9.17) is 5.11 Å². The van der Waals surface area contributed by atoms with E-state index in [2.05, 4.69) is 5.32 Å². The second-order valence-electron chi connectivity index (χ2n) is 4.81. The Kier molecular flexibility index (Phi) is 4.84. The quantitative estimate of drug-likeness (QED) is 0.846. The van der Waals surface area contributed by atoms with Crippen LogP contribution in [0.1, 0.15) is 42.6 Å². The maximum atomic E-state index is 13.1. The summed E-state index contributed by atoms with van der Waals surface area (Å²) in [5, 5.41) is 11.9. The van der Waals surface area contributed by atoms with Crippen molar-refractivity contribution in [2.75, 3.05) is 6.61 Å². The molecule has 1 aromatic rings. The molecule has 1 amide bonds. The molecule has 0 heterocycles. The molecule has 0 bridgehead atoms. The molecule has 1 atom stereocenters. The largest absolute Gasteiger partial charge is 0.396 e. The van der Waals surface area contributed by atoms with Crippen molar-refractivity contribution in [3.05, 3.63) is 35.1 Å². The number of hydrogen-bond acceptors (Lipinski definition) is 2. The molecule has 0 aromatic heterocycles. The summed E-state index contributed by atoms with van der Waals surface area (Å²) in [7, 11) is 0. The van der Waals surface area contributed by atoms with Gasteiger partial charge in [-0.05, 0) is 50.5 Å². The third kappa shape index (κ3) is 3.53. The molecule has 0 spiro atoms. The van der Waals surface area contributed by atoms with Gasteiger partial charge in [-0.1, -0.05) is 6.92 Å². The molecule has 4 heteroatoms. The second kappa shape index (κ2) is 5.96. The topological polar surface area (TPSA) is 49.3 Å². The van der Waals surface area contributed by atoms with E-state index in [9.17, 15) is 9.18 Å². The number of nitrogens with one attached hydrogen (secondary N) is 1. The van der Waals surface area contributed by atoms with Gasteiger partial charge in [0, 0.05) is 17.7 Å². The summed E-state index contributed by atoms with van der Waals surface area (Å²) in [5.41, 5.74) is 0.447. The first-order chi connectivity index (χ1) is 8.41. The smallest absolute Gasteiger partial charge is 0.251 e. The van der Waals surface area contributed by atoms with Gasteiger partial charge in [0.15, 0.2) is 0 Å². The molecule has 100 valence electrons. The van der Waals surface area contributed by atoms with Crippen LogP contribution in [0.15, 0.2) is 18.2 Å². The zero-order valence-corrected chi connectivity index (χ0v) is 11.1. The standard InChI is InChI=1S/C14H20FNO2/c1-4-14(3,7-8-17)16-13(18)11-5-6-12(15)10(2)9-11/h5-6,9,17H,4,7-8H2,1-3H3,(H,16,18)/t14-/m1/s1. The fraction of sp³-hybridized carbons (Fsp3) is 0.500. The number of rotatable bonds is 5. The monoisotopic (exact) mass is 253 g/mol. The van der Waals surface area contributed by atoms with E-state index < -0.39 is 5.54 Å². The van der Waals surface area contributed by atoms with Gasteiger partial charge in [-0.25, -0.2) is 4.39 Å². The summed E-state index contributed by atoms with van der Waals surface area (Å²) in [6, 6.07) is 4.28. The Bertz CT molecular complexity index is 434. The minimum Gasteiger partial charge on any atom is -0.396 e. The van der Waals surface area contributed by atoms with E-state index in [1.54, 1.807) is 6.92 Å². The van der Waals surface area contributed by atoms with Crippen LogP contribution in [0.25, 0.3) is 0 Å². The molecule has 0 unspecified atom stereocenters. The van der Waals surface area contributed by atoms with E-state index in [0.29, 0.717) is 17.5 Å². The fourth-order valence-electron chi connectivity index (χ4n) is 1.71. The number of hydrogen-bond donors (Lipinski definition) is 2. The van der Waals surface area contributed by atoms with Crippen LogP contribution in [0.3, 0.4) is 0 Å². The van der Waals surface area contributed by atoms with E-state index in [1.165, 1.54) is 18.2 Å². The normalized spacial score (nSPS) is 14.1. The minimum atomic E-state index is -0.436. The molecule has 3 nitrogen and oxygen atoms in total. The highest BCUT2D eigenvalue weighted by Crippen LogP contribution is 2.16. The van der Waals surface area contributed by atoms with Crippen molar-refractivity contribution in [2.24, 2.45) is 0 Å². The number of benzene rings is 1.